The summed E-state index contributed by atoms with van der Waals surface area (Å²) >= 11 is 0. The standard InChI is InChI=1S/2C26H16N8.2Pt/c2*1-33-16-34(25-24(33)29-11-12-30-25)18-4-2-3-17(13-18)26(23-7-10-31-32-23)21-5-8-27-14-19(21)20-15-28-9-6-22(20)26;;/h2*2-12,14-15H,1H3;;/q;;2*+2. The van der Waals surface area contributed by atoms with Gasteiger partial charge in [-0.3, -0.25) is 19.9 Å². The summed E-state index contributed by atoms with van der Waals surface area (Å²) in [6, 6.07) is 38.2. The molecule has 0 fully saturated rings. The second-order valence-electron chi connectivity index (χ2n) is 16.3. The van der Waals surface area contributed by atoms with Crippen LogP contribution in [0.1, 0.15) is 44.8 Å². The summed E-state index contributed by atoms with van der Waals surface area (Å²) in [6.45, 7) is 0. The molecule has 4 aliphatic rings. The molecule has 10 heterocycles. The first-order valence-electron chi connectivity index (χ1n) is 21.5. The van der Waals surface area contributed by atoms with Crippen molar-refractivity contribution in [1.82, 2.24) is 69.4 Å². The smallest absolute Gasteiger partial charge is 0.581 e. The number of pyridine rings is 4. The number of nitrogens with zero attached hydrogens (tertiary/aromatic N) is 16. The van der Waals surface area contributed by atoms with Gasteiger partial charge in [0.1, 0.15) is 14.1 Å². The fourth-order valence-electron chi connectivity index (χ4n) is 10.2. The monoisotopic (exact) mass is 1270 g/mol. The largest absolute Gasteiger partial charge is 2.00 e. The van der Waals surface area contributed by atoms with Gasteiger partial charge in [0.05, 0.1) is 34.6 Å². The Balaban J connectivity index is 0.000000148. The minimum Gasteiger partial charge on any atom is -0.581 e. The molecule has 8 aromatic heterocycles. The Bertz CT molecular complexity index is 3500. The summed E-state index contributed by atoms with van der Waals surface area (Å²) in [5.41, 5.74) is 12.1. The Labute approximate surface area is 428 Å². The van der Waals surface area contributed by atoms with Crippen molar-refractivity contribution in [3.05, 3.63) is 216 Å². The molecule has 2 aliphatic carbocycles. The first-order valence-corrected chi connectivity index (χ1v) is 21.5. The minimum absolute atomic E-state index is 0. The summed E-state index contributed by atoms with van der Waals surface area (Å²) in [5.74, 6) is 2.90. The van der Waals surface area contributed by atoms with Crippen molar-refractivity contribution in [3.8, 4) is 22.3 Å². The Hall–Kier alpha value is -8.24. The number of aromatic nitrogens is 12. The summed E-state index contributed by atoms with van der Waals surface area (Å²) in [4.78, 5) is 35.5. The third-order valence-corrected chi connectivity index (χ3v) is 12.9. The number of benzene rings is 2. The van der Waals surface area contributed by atoms with E-state index in [-0.39, 0.29) is 42.1 Å². The molecular formula is C52H32N16Pt2+4. The van der Waals surface area contributed by atoms with E-state index in [2.05, 4.69) is 96.5 Å². The van der Waals surface area contributed by atoms with E-state index in [4.69, 9.17) is 0 Å². The van der Waals surface area contributed by atoms with Gasteiger partial charge in [-0.15, -0.1) is 53.7 Å². The van der Waals surface area contributed by atoms with Crippen LogP contribution in [0, 0.1) is 12.1 Å². The van der Waals surface area contributed by atoms with Crippen LogP contribution in [0.5, 0.6) is 0 Å². The Morgan fingerprint density at radius 3 is 1.14 bits per heavy atom. The third-order valence-electron chi connectivity index (χ3n) is 12.9. The maximum atomic E-state index is 4.55. The zero-order valence-corrected chi connectivity index (χ0v) is 41.3. The average molecular weight is 1270 g/mol. The van der Waals surface area contributed by atoms with Crippen molar-refractivity contribution < 1.29 is 51.3 Å². The molecule has 14 rings (SSSR count). The molecule has 0 spiro atoms. The molecule has 2 aromatic carbocycles. The predicted molar refractivity (Wildman–Crippen MR) is 247 cm³/mol. The van der Waals surface area contributed by atoms with Crippen LogP contribution < -0.4 is 19.3 Å². The van der Waals surface area contributed by atoms with Crippen LogP contribution >= 0.6 is 0 Å². The molecule has 0 radical (unpaired) electrons. The van der Waals surface area contributed by atoms with Crippen LogP contribution in [-0.4, -0.2) is 85.3 Å². The van der Waals surface area contributed by atoms with Crippen LogP contribution in [-0.2, 0) is 53.0 Å². The van der Waals surface area contributed by atoms with E-state index in [0.717, 1.165) is 90.0 Å². The number of rotatable bonds is 6. The van der Waals surface area contributed by atoms with Crippen LogP contribution in [0.15, 0.2) is 160 Å². The van der Waals surface area contributed by atoms with Crippen molar-refractivity contribution >= 4 is 46.7 Å². The van der Waals surface area contributed by atoms with Gasteiger partial charge < -0.3 is 20.4 Å². The molecule has 0 bridgehead atoms. The van der Waals surface area contributed by atoms with Crippen LogP contribution in [0.2, 0.25) is 0 Å². The number of fused-ring (bicyclic) bond motifs is 8. The molecule has 0 saturated heterocycles. The normalized spacial score (nSPS) is 14.3. The molecule has 2 aliphatic heterocycles. The molecule has 0 saturated carbocycles. The van der Waals surface area contributed by atoms with E-state index in [1.807, 2.05) is 143 Å². The van der Waals surface area contributed by atoms with Gasteiger partial charge in [-0.05, 0) is 46.5 Å². The summed E-state index contributed by atoms with van der Waals surface area (Å²) < 4.78 is 7.43. The number of hydrogen-bond donors (Lipinski definition) is 0. The van der Waals surface area contributed by atoms with Gasteiger partial charge in [0, 0.05) is 93.2 Å². The molecule has 0 unspecified atom stereocenters. The summed E-state index contributed by atoms with van der Waals surface area (Å²) in [7, 11) is 3.81. The topological polar surface area (TPSA) is 169 Å². The second kappa shape index (κ2) is 17.4. The molecule has 16 nitrogen and oxygen atoms in total. The van der Waals surface area contributed by atoms with Crippen molar-refractivity contribution in [3.63, 3.8) is 0 Å². The molecule has 10 aromatic rings. The molecule has 0 atom stereocenters. The first-order chi connectivity index (χ1) is 33.6. The number of hydrogen-bond acceptors (Lipinski definition) is 10. The van der Waals surface area contributed by atoms with E-state index in [9.17, 15) is 0 Å². The maximum Gasteiger partial charge on any atom is 2.00 e. The maximum absolute atomic E-state index is 4.55. The second-order valence-corrected chi connectivity index (χ2v) is 16.3. The van der Waals surface area contributed by atoms with Crippen molar-refractivity contribution in [2.24, 2.45) is 0 Å². The fraction of sp³-hybridized carbons (Fsp3) is 0.0769. The molecule has 0 amide bonds. The van der Waals surface area contributed by atoms with Gasteiger partial charge in [0.25, 0.3) is 0 Å². The van der Waals surface area contributed by atoms with Gasteiger partial charge in [0.2, 0.25) is 0 Å². The molecule has 70 heavy (non-hydrogen) atoms. The van der Waals surface area contributed by atoms with Gasteiger partial charge in [-0.1, -0.05) is 12.1 Å². The van der Waals surface area contributed by atoms with E-state index in [1.54, 1.807) is 37.2 Å². The quantitative estimate of drug-likeness (QED) is 0.138. The zero-order chi connectivity index (χ0) is 45.4. The van der Waals surface area contributed by atoms with E-state index < -0.39 is 10.8 Å². The Morgan fingerprint density at radius 1 is 0.443 bits per heavy atom. The molecule has 18 heteroatoms. The third kappa shape index (κ3) is 6.38. The van der Waals surface area contributed by atoms with Gasteiger partial charge in [0.15, 0.2) is 12.4 Å². The zero-order valence-electron chi connectivity index (χ0n) is 36.8. The first kappa shape index (κ1) is 44.3. The van der Waals surface area contributed by atoms with Crippen molar-refractivity contribution in [1.29, 1.82) is 0 Å². The van der Waals surface area contributed by atoms with Crippen LogP contribution in [0.3, 0.4) is 0 Å². The van der Waals surface area contributed by atoms with E-state index >= 15 is 0 Å². The van der Waals surface area contributed by atoms with Gasteiger partial charge in [-0.25, -0.2) is 0 Å². The summed E-state index contributed by atoms with van der Waals surface area (Å²) in [6.07, 6.45) is 25.0. The van der Waals surface area contributed by atoms with E-state index in [1.165, 1.54) is 0 Å². The summed E-state index contributed by atoms with van der Waals surface area (Å²) in [5, 5.41) is 17.5. The Morgan fingerprint density at radius 2 is 0.800 bits per heavy atom. The van der Waals surface area contributed by atoms with E-state index in [0.29, 0.717) is 11.6 Å². The predicted octanol–water partition coefficient (Wildman–Crippen LogP) is 6.15. The van der Waals surface area contributed by atoms with Crippen molar-refractivity contribution in [2.45, 2.75) is 10.8 Å². The molecule has 0 N–H and O–H groups in total. The fourth-order valence-corrected chi connectivity index (χ4v) is 10.2. The molecule has 336 valence electrons. The van der Waals surface area contributed by atoms with Crippen LogP contribution in [0.25, 0.3) is 22.3 Å². The van der Waals surface area contributed by atoms with Crippen LogP contribution in [0.4, 0.5) is 34.6 Å². The molecular weight excluding hydrogens is 1240 g/mol. The minimum atomic E-state index is -0.708. The Kier molecular flexibility index (Phi) is 11.0. The van der Waals surface area contributed by atoms with Crippen molar-refractivity contribution in [2.75, 3.05) is 14.1 Å². The average Bonchev–Trinajstić information content (AvgIpc) is 4.28. The van der Waals surface area contributed by atoms with Gasteiger partial charge >= 0.3 is 77.4 Å². The van der Waals surface area contributed by atoms with Gasteiger partial charge in [-0.2, -0.15) is 46.6 Å². The SMILES string of the molecule is C[N+]1=C=[N+](c2[c-]c(C3(c4cc[n-]n4)c4ccncc4-c4cnccc43)ccc2)c2nccnc21.C[N+]1=C=[N+](c2[c-]c(C3(c4cc[n-]n4)c4ccncc4-c4cnccc43)ccc2)c2nccnc21.[Pt+2].[Pt+2].